The number of hydrogen-bond acceptors (Lipinski definition) is 5. The Kier molecular flexibility index (Phi) is 9.19. The van der Waals surface area contributed by atoms with Crippen molar-refractivity contribution in [1.29, 1.82) is 0 Å². The molecule has 6 heteroatoms. The Balaban J connectivity index is 0. The predicted octanol–water partition coefficient (Wildman–Crippen LogP) is -0.0681. The maximum atomic E-state index is 10.9. The Morgan fingerprint density at radius 2 is 1.62 bits per heavy atom. The van der Waals surface area contributed by atoms with Crippen molar-refractivity contribution in [3.05, 3.63) is 0 Å². The van der Waals surface area contributed by atoms with Crippen molar-refractivity contribution < 1.29 is 24.3 Å². The highest BCUT2D eigenvalue weighted by Gasteiger charge is 2.20. The van der Waals surface area contributed by atoms with E-state index in [1.807, 2.05) is 13.8 Å². The summed E-state index contributed by atoms with van der Waals surface area (Å²) in [5.74, 6) is -4.09. The topological polar surface area (TPSA) is 115 Å². The summed E-state index contributed by atoms with van der Waals surface area (Å²) in [5, 5.41) is 8.35. The third-order valence-electron chi connectivity index (χ3n) is 1.57. The van der Waals surface area contributed by atoms with Crippen molar-refractivity contribution in [1.82, 2.24) is 0 Å². The van der Waals surface area contributed by atoms with Crippen molar-refractivity contribution in [2.24, 2.45) is 5.73 Å². The van der Waals surface area contributed by atoms with Gasteiger partial charge >= 0.3 is 5.97 Å². The fourth-order valence-electron chi connectivity index (χ4n) is 0.720. The van der Waals surface area contributed by atoms with E-state index in [4.69, 9.17) is 10.8 Å². The maximum absolute atomic E-state index is 10.9. The SMILES string of the molecule is CC.CC(=O)C(=O)C(=O)CCC(N)C(=O)O. The molecule has 16 heavy (non-hydrogen) atoms. The first-order valence-electron chi connectivity index (χ1n) is 4.92. The molecule has 0 fully saturated rings. The molecule has 3 N–H and O–H groups in total. The van der Waals surface area contributed by atoms with E-state index in [1.165, 1.54) is 0 Å². The van der Waals surface area contributed by atoms with Crippen LogP contribution < -0.4 is 5.73 Å². The Labute approximate surface area is 93.8 Å². The Hall–Kier alpha value is -1.56. The van der Waals surface area contributed by atoms with Crippen LogP contribution in [0.1, 0.15) is 33.6 Å². The van der Waals surface area contributed by atoms with Crippen molar-refractivity contribution >= 4 is 23.3 Å². The molecular formula is C10H17NO5. The first-order valence-corrected chi connectivity index (χ1v) is 4.92. The van der Waals surface area contributed by atoms with E-state index in [1.54, 1.807) is 0 Å². The number of carboxylic acids is 1. The molecule has 1 unspecified atom stereocenters. The molecule has 0 saturated heterocycles. The summed E-state index contributed by atoms with van der Waals surface area (Å²) >= 11 is 0. The highest BCUT2D eigenvalue weighted by atomic mass is 16.4. The summed E-state index contributed by atoms with van der Waals surface area (Å²) in [6, 6.07) is -1.18. The zero-order valence-electron chi connectivity index (χ0n) is 9.65. The number of carbonyl (C=O) groups excluding carboxylic acids is 3. The van der Waals surface area contributed by atoms with Crippen LogP contribution in [0.15, 0.2) is 0 Å². The number of ketones is 3. The molecule has 6 nitrogen and oxygen atoms in total. The number of aliphatic carboxylic acids is 1. The van der Waals surface area contributed by atoms with Gasteiger partial charge in [0.2, 0.25) is 11.6 Å². The van der Waals surface area contributed by atoms with Gasteiger partial charge in [-0.1, -0.05) is 13.8 Å². The molecule has 0 aromatic rings. The van der Waals surface area contributed by atoms with Crippen LogP contribution in [0.3, 0.4) is 0 Å². The fourth-order valence-corrected chi connectivity index (χ4v) is 0.720. The standard InChI is InChI=1S/C8H11NO5.C2H6/c1-4(10)7(12)6(11)3-2-5(9)8(13)14;1-2/h5H,2-3,9H2,1H3,(H,13,14);1-2H3. The van der Waals surface area contributed by atoms with E-state index < -0.39 is 29.4 Å². The molecule has 0 spiro atoms. The van der Waals surface area contributed by atoms with Crippen molar-refractivity contribution in [2.75, 3.05) is 0 Å². The van der Waals surface area contributed by atoms with Crippen molar-refractivity contribution in [3.8, 4) is 0 Å². The molecule has 0 aliphatic rings. The van der Waals surface area contributed by atoms with E-state index in [-0.39, 0.29) is 12.8 Å². The minimum absolute atomic E-state index is 0.146. The Morgan fingerprint density at radius 3 is 1.94 bits per heavy atom. The first kappa shape index (κ1) is 16.9. The average Bonchev–Trinajstić information content (AvgIpc) is 2.26. The summed E-state index contributed by atoms with van der Waals surface area (Å²) in [6.45, 7) is 4.98. The lowest BCUT2D eigenvalue weighted by molar-refractivity contribution is -0.143. The van der Waals surface area contributed by atoms with Crippen LogP contribution in [0.4, 0.5) is 0 Å². The maximum Gasteiger partial charge on any atom is 0.320 e. The van der Waals surface area contributed by atoms with Gasteiger partial charge in [-0.25, -0.2) is 0 Å². The molecule has 0 rings (SSSR count). The van der Waals surface area contributed by atoms with Crippen LogP contribution in [0, 0.1) is 0 Å². The van der Waals surface area contributed by atoms with Crippen LogP contribution in [0.25, 0.3) is 0 Å². The quantitative estimate of drug-likeness (QED) is 0.488. The number of carboxylic acid groups (broad SMARTS) is 1. The zero-order chi connectivity index (χ0) is 13.3. The fraction of sp³-hybridized carbons (Fsp3) is 0.600. The van der Waals surface area contributed by atoms with Crippen LogP contribution in [-0.4, -0.2) is 34.5 Å². The van der Waals surface area contributed by atoms with Gasteiger partial charge in [-0.3, -0.25) is 19.2 Å². The van der Waals surface area contributed by atoms with Gasteiger partial charge in [0.15, 0.2) is 0 Å². The smallest absolute Gasteiger partial charge is 0.320 e. The van der Waals surface area contributed by atoms with Gasteiger partial charge in [-0.2, -0.15) is 0 Å². The third-order valence-corrected chi connectivity index (χ3v) is 1.57. The van der Waals surface area contributed by atoms with Crippen LogP contribution in [0.2, 0.25) is 0 Å². The lowest BCUT2D eigenvalue weighted by Crippen LogP contribution is -2.32. The molecule has 0 aromatic carbocycles. The second kappa shape index (κ2) is 8.72. The molecule has 0 radical (unpaired) electrons. The predicted molar refractivity (Wildman–Crippen MR) is 56.9 cm³/mol. The molecule has 92 valence electrons. The van der Waals surface area contributed by atoms with E-state index in [2.05, 4.69) is 0 Å². The van der Waals surface area contributed by atoms with E-state index in [0.717, 1.165) is 6.92 Å². The molecule has 0 aromatic heterocycles. The molecular weight excluding hydrogens is 214 g/mol. The largest absolute Gasteiger partial charge is 0.480 e. The Morgan fingerprint density at radius 1 is 1.19 bits per heavy atom. The molecule has 0 aliphatic heterocycles. The zero-order valence-corrected chi connectivity index (χ0v) is 9.65. The van der Waals surface area contributed by atoms with Crippen LogP contribution in [0.5, 0.6) is 0 Å². The molecule has 0 amide bonds. The molecule has 1 atom stereocenters. The minimum Gasteiger partial charge on any atom is -0.480 e. The summed E-state index contributed by atoms with van der Waals surface area (Å²) in [6.07, 6.45) is -0.459. The van der Waals surface area contributed by atoms with Gasteiger partial charge in [0, 0.05) is 13.3 Å². The molecule has 0 saturated carbocycles. The highest BCUT2D eigenvalue weighted by molar-refractivity contribution is 6.63. The van der Waals surface area contributed by atoms with Gasteiger partial charge in [0.1, 0.15) is 6.04 Å². The monoisotopic (exact) mass is 231 g/mol. The number of nitrogens with two attached hydrogens (primary N) is 1. The van der Waals surface area contributed by atoms with E-state index >= 15 is 0 Å². The highest BCUT2D eigenvalue weighted by Crippen LogP contribution is 1.97. The van der Waals surface area contributed by atoms with Crippen molar-refractivity contribution in [3.63, 3.8) is 0 Å². The Bertz CT molecular complexity index is 285. The van der Waals surface area contributed by atoms with Crippen molar-refractivity contribution in [2.45, 2.75) is 39.7 Å². The number of Topliss-reactive ketones (excluding diaryl/α,β-unsaturated/α-hetero) is 3. The summed E-state index contributed by atoms with van der Waals surface area (Å²) in [5.41, 5.74) is 5.09. The lowest BCUT2D eigenvalue weighted by atomic mass is 10.1. The number of carbonyl (C=O) groups is 4. The summed E-state index contributed by atoms with van der Waals surface area (Å²) < 4.78 is 0. The van der Waals surface area contributed by atoms with E-state index in [0.29, 0.717) is 0 Å². The van der Waals surface area contributed by atoms with Crippen LogP contribution >= 0.6 is 0 Å². The first-order chi connectivity index (χ1) is 7.36. The number of hydrogen-bond donors (Lipinski definition) is 2. The second-order valence-electron chi connectivity index (χ2n) is 2.79. The van der Waals surface area contributed by atoms with Gasteiger partial charge in [-0.05, 0) is 6.42 Å². The average molecular weight is 231 g/mol. The lowest BCUT2D eigenvalue weighted by Gasteiger charge is -2.03. The minimum atomic E-state index is -1.24. The van der Waals surface area contributed by atoms with Gasteiger partial charge in [0.05, 0.1) is 0 Å². The summed E-state index contributed by atoms with van der Waals surface area (Å²) in [7, 11) is 0. The molecule has 0 aliphatic carbocycles. The second-order valence-corrected chi connectivity index (χ2v) is 2.79. The molecule has 0 heterocycles. The molecule has 0 bridgehead atoms. The third kappa shape index (κ3) is 6.83. The van der Waals surface area contributed by atoms with Gasteiger partial charge < -0.3 is 10.8 Å². The van der Waals surface area contributed by atoms with Gasteiger partial charge in [-0.15, -0.1) is 0 Å². The van der Waals surface area contributed by atoms with E-state index in [9.17, 15) is 19.2 Å². The van der Waals surface area contributed by atoms with Crippen LogP contribution in [-0.2, 0) is 19.2 Å². The van der Waals surface area contributed by atoms with Gasteiger partial charge in [0.25, 0.3) is 5.78 Å². The normalized spacial score (nSPS) is 10.8. The summed E-state index contributed by atoms with van der Waals surface area (Å²) in [4.78, 5) is 42.3. The number of rotatable bonds is 6.